The van der Waals surface area contributed by atoms with Gasteiger partial charge in [-0.3, -0.25) is 0 Å². The second kappa shape index (κ2) is 8.56. The van der Waals surface area contributed by atoms with Crippen molar-refractivity contribution in [3.63, 3.8) is 0 Å². The van der Waals surface area contributed by atoms with E-state index in [1.165, 1.54) is 0 Å². The van der Waals surface area contributed by atoms with E-state index in [0.717, 1.165) is 0 Å². The number of rotatable bonds is 9. The predicted octanol–water partition coefficient (Wildman–Crippen LogP) is 3.16. The molecule has 1 aromatic carbocycles. The Labute approximate surface area is 119 Å². The van der Waals surface area contributed by atoms with Crippen molar-refractivity contribution < 1.29 is 23.2 Å². The summed E-state index contributed by atoms with van der Waals surface area (Å²) in [6, 6.07) is 6.99. The van der Waals surface area contributed by atoms with E-state index < -0.39 is 8.17 Å². The molecule has 0 aliphatic carbocycles. The normalized spacial score (nSPS) is 12.2. The molecule has 0 aliphatic rings. The molecule has 0 unspecified atom stereocenters. The molecule has 0 atom stereocenters. The quantitative estimate of drug-likeness (QED) is 0.561. The maximum atomic E-state index is 10.2. The zero-order valence-corrected chi connectivity index (χ0v) is 12.9. The average molecular weight is 311 g/mol. The summed E-state index contributed by atoms with van der Waals surface area (Å²) in [4.78, 5) is 10.2. The van der Waals surface area contributed by atoms with Gasteiger partial charge in [-0.05, 0) is 0 Å². The Morgan fingerprint density at radius 1 is 1.11 bits per heavy atom. The van der Waals surface area contributed by atoms with Crippen LogP contribution in [0.15, 0.2) is 24.3 Å². The Morgan fingerprint density at radius 3 is 2.21 bits per heavy atom. The standard InChI is InChI=1S/C12H20ClO5P/c1-3-16-19(14,17-4-2)18-12-8-6-5-7-11(12)15-10-9-13/h5-8,14,19H,3-4,9-10H2,1-2H3. The Morgan fingerprint density at radius 2 is 1.68 bits per heavy atom. The van der Waals surface area contributed by atoms with Crippen molar-refractivity contribution in [2.75, 3.05) is 25.7 Å². The molecular formula is C12H20ClO5P. The zero-order valence-electron chi connectivity index (χ0n) is 11.1. The van der Waals surface area contributed by atoms with Crippen molar-refractivity contribution in [3.8, 4) is 11.5 Å². The molecular weight excluding hydrogens is 291 g/mol. The van der Waals surface area contributed by atoms with Gasteiger partial charge < -0.3 is 0 Å². The molecule has 0 saturated carbocycles. The van der Waals surface area contributed by atoms with Gasteiger partial charge in [0.2, 0.25) is 0 Å². The molecule has 0 fully saturated rings. The van der Waals surface area contributed by atoms with Crippen LogP contribution in [0.4, 0.5) is 0 Å². The Bertz CT molecular complexity index is 371. The summed E-state index contributed by atoms with van der Waals surface area (Å²) < 4.78 is 21.3. The molecule has 1 aromatic rings. The number of hydrogen-bond donors (Lipinski definition) is 1. The first-order valence-corrected chi connectivity index (χ1v) is 8.33. The second-order valence-corrected chi connectivity index (χ2v) is 5.68. The van der Waals surface area contributed by atoms with Crippen molar-refractivity contribution in [2.45, 2.75) is 13.8 Å². The first-order chi connectivity index (χ1) is 9.15. The molecule has 5 nitrogen and oxygen atoms in total. The minimum absolute atomic E-state index is 0.299. The molecule has 0 radical (unpaired) electrons. The average Bonchev–Trinajstić information content (AvgIpc) is 2.38. The number of para-hydroxylation sites is 2. The summed E-state index contributed by atoms with van der Waals surface area (Å²) in [7, 11) is -3.67. The van der Waals surface area contributed by atoms with Crippen LogP contribution in [0.2, 0.25) is 0 Å². The van der Waals surface area contributed by atoms with Crippen LogP contribution >= 0.6 is 19.8 Å². The van der Waals surface area contributed by atoms with E-state index in [2.05, 4.69) is 0 Å². The molecule has 0 bridgehead atoms. The minimum atomic E-state index is -3.67. The number of ether oxygens (including phenoxy) is 1. The van der Waals surface area contributed by atoms with E-state index in [9.17, 15) is 4.89 Å². The molecule has 7 heteroatoms. The van der Waals surface area contributed by atoms with Gasteiger partial charge in [0.15, 0.2) is 0 Å². The summed E-state index contributed by atoms with van der Waals surface area (Å²) in [5.41, 5.74) is 0. The van der Waals surface area contributed by atoms with Crippen molar-refractivity contribution in [1.82, 2.24) is 0 Å². The molecule has 0 aliphatic heterocycles. The van der Waals surface area contributed by atoms with E-state index in [1.54, 1.807) is 38.1 Å². The first-order valence-electron chi connectivity index (χ1n) is 6.12. The summed E-state index contributed by atoms with van der Waals surface area (Å²) in [6.07, 6.45) is 0. The van der Waals surface area contributed by atoms with E-state index in [1.807, 2.05) is 0 Å². The van der Waals surface area contributed by atoms with E-state index in [-0.39, 0.29) is 0 Å². The van der Waals surface area contributed by atoms with Gasteiger partial charge in [-0.15, -0.1) is 0 Å². The maximum absolute atomic E-state index is 10.2. The summed E-state index contributed by atoms with van der Waals surface area (Å²) in [5.74, 6) is 1.24. The van der Waals surface area contributed by atoms with Crippen LogP contribution < -0.4 is 9.26 Å². The predicted molar refractivity (Wildman–Crippen MR) is 77.1 cm³/mol. The molecule has 110 valence electrons. The van der Waals surface area contributed by atoms with Gasteiger partial charge in [-0.25, -0.2) is 0 Å². The van der Waals surface area contributed by atoms with E-state index in [4.69, 9.17) is 29.9 Å². The van der Waals surface area contributed by atoms with Gasteiger partial charge in [0.25, 0.3) is 0 Å². The van der Waals surface area contributed by atoms with Gasteiger partial charge in [0, 0.05) is 0 Å². The van der Waals surface area contributed by atoms with Crippen molar-refractivity contribution in [3.05, 3.63) is 24.3 Å². The van der Waals surface area contributed by atoms with Crippen LogP contribution in [-0.4, -0.2) is 30.6 Å². The van der Waals surface area contributed by atoms with Crippen molar-refractivity contribution in [2.24, 2.45) is 0 Å². The molecule has 0 spiro atoms. The Balaban J connectivity index is 2.83. The van der Waals surface area contributed by atoms with Crippen LogP contribution in [0.5, 0.6) is 11.5 Å². The molecule has 1 N–H and O–H groups in total. The third kappa shape index (κ3) is 5.51. The fourth-order valence-electron chi connectivity index (χ4n) is 1.41. The van der Waals surface area contributed by atoms with E-state index in [0.29, 0.717) is 37.2 Å². The summed E-state index contributed by atoms with van der Waals surface area (Å²) in [6.45, 7) is 4.47. The topological polar surface area (TPSA) is 57.2 Å². The van der Waals surface area contributed by atoms with Crippen molar-refractivity contribution >= 4 is 19.8 Å². The number of hydrogen-bond acceptors (Lipinski definition) is 5. The number of halogens is 1. The Hall–Kier alpha value is -0.580. The fourth-order valence-corrected chi connectivity index (χ4v) is 2.86. The monoisotopic (exact) mass is 310 g/mol. The third-order valence-corrected chi connectivity index (χ3v) is 4.02. The molecule has 19 heavy (non-hydrogen) atoms. The van der Waals surface area contributed by atoms with Crippen molar-refractivity contribution in [1.29, 1.82) is 0 Å². The molecule has 0 aromatic heterocycles. The molecule has 0 amide bonds. The molecule has 1 rings (SSSR count). The third-order valence-electron chi connectivity index (χ3n) is 2.08. The Kier molecular flexibility index (Phi) is 7.42. The van der Waals surface area contributed by atoms with Gasteiger partial charge in [-0.2, -0.15) is 0 Å². The zero-order chi connectivity index (χ0) is 14.1. The SMILES string of the molecule is CCO[PH](O)(OCC)Oc1ccccc1OCCCl. The van der Waals surface area contributed by atoms with Gasteiger partial charge in [0.1, 0.15) is 0 Å². The van der Waals surface area contributed by atoms with Gasteiger partial charge >= 0.3 is 118 Å². The van der Waals surface area contributed by atoms with Crippen LogP contribution in [0.1, 0.15) is 13.8 Å². The van der Waals surface area contributed by atoms with Gasteiger partial charge in [0.05, 0.1) is 0 Å². The van der Waals surface area contributed by atoms with Crippen LogP contribution in [0.25, 0.3) is 0 Å². The summed E-state index contributed by atoms with van der Waals surface area (Å²) in [5, 5.41) is 0. The molecule has 0 heterocycles. The fraction of sp³-hybridized carbons (Fsp3) is 0.500. The number of alkyl halides is 1. The van der Waals surface area contributed by atoms with Crippen LogP contribution in [-0.2, 0) is 9.05 Å². The van der Waals surface area contributed by atoms with Crippen LogP contribution in [0, 0.1) is 0 Å². The second-order valence-electron chi connectivity index (χ2n) is 3.48. The number of benzene rings is 1. The first kappa shape index (κ1) is 16.5. The van der Waals surface area contributed by atoms with Gasteiger partial charge in [-0.1, -0.05) is 0 Å². The summed E-state index contributed by atoms with van der Waals surface area (Å²) >= 11 is 5.58. The van der Waals surface area contributed by atoms with Crippen LogP contribution in [0.3, 0.4) is 0 Å². The van der Waals surface area contributed by atoms with E-state index >= 15 is 0 Å². The molecule has 0 saturated heterocycles.